The highest BCUT2D eigenvalue weighted by Gasteiger charge is 2.34. The van der Waals surface area contributed by atoms with Crippen LogP contribution in [0.25, 0.3) is 0 Å². The van der Waals surface area contributed by atoms with Crippen LogP contribution in [0.2, 0.25) is 0 Å². The normalized spacial score (nSPS) is 17.2. The Morgan fingerprint density at radius 3 is 2.79 bits per heavy atom. The van der Waals surface area contributed by atoms with E-state index in [0.717, 1.165) is 6.54 Å². The van der Waals surface area contributed by atoms with E-state index >= 15 is 0 Å². The Labute approximate surface area is 141 Å². The van der Waals surface area contributed by atoms with Crippen LogP contribution in [-0.4, -0.2) is 68.4 Å². The fraction of sp³-hybridized carbons (Fsp3) is 0.471. The molecule has 0 saturated carbocycles. The summed E-state index contributed by atoms with van der Waals surface area (Å²) in [6, 6.07) is 6.55. The van der Waals surface area contributed by atoms with Crippen molar-refractivity contribution >= 4 is 23.5 Å². The number of rotatable bonds is 6. The molecule has 1 atom stereocenters. The fourth-order valence-corrected chi connectivity index (χ4v) is 2.57. The molecule has 130 valence electrons. The predicted molar refractivity (Wildman–Crippen MR) is 89.7 cm³/mol. The lowest BCUT2D eigenvalue weighted by atomic mass is 10.1. The van der Waals surface area contributed by atoms with Gasteiger partial charge < -0.3 is 19.9 Å². The van der Waals surface area contributed by atoms with Gasteiger partial charge in [0.1, 0.15) is 0 Å². The average Bonchev–Trinajstić information content (AvgIpc) is 2.93. The molecule has 0 spiro atoms. The molecule has 1 unspecified atom stereocenters. The second-order valence-electron chi connectivity index (χ2n) is 6.11. The van der Waals surface area contributed by atoms with E-state index in [4.69, 9.17) is 0 Å². The number of nitrogens with zero attached hydrogens (tertiary/aromatic N) is 2. The van der Waals surface area contributed by atoms with Gasteiger partial charge >= 0.3 is 5.97 Å². The first kappa shape index (κ1) is 17.9. The molecule has 7 nitrogen and oxygen atoms in total. The molecule has 1 aliphatic heterocycles. The van der Waals surface area contributed by atoms with E-state index in [1.165, 1.54) is 7.11 Å². The average molecular weight is 333 g/mol. The highest BCUT2D eigenvalue weighted by atomic mass is 16.5. The minimum atomic E-state index is -0.461. The van der Waals surface area contributed by atoms with E-state index in [0.29, 0.717) is 24.3 Å². The number of carbonyl (C=O) groups excluding carboxylic acids is 3. The van der Waals surface area contributed by atoms with Crippen molar-refractivity contribution in [2.75, 3.05) is 46.2 Å². The molecule has 0 aliphatic carbocycles. The van der Waals surface area contributed by atoms with Gasteiger partial charge in [-0.05, 0) is 32.3 Å². The Morgan fingerprint density at radius 2 is 2.12 bits per heavy atom. The molecule has 1 fully saturated rings. The van der Waals surface area contributed by atoms with Gasteiger partial charge in [-0.3, -0.25) is 9.59 Å². The van der Waals surface area contributed by atoms with E-state index in [-0.39, 0.29) is 24.2 Å². The summed E-state index contributed by atoms with van der Waals surface area (Å²) in [5.41, 5.74) is 0.882. The SMILES string of the molecule is COC(=O)c1cccc(NC(=O)C2CC(=O)N(CCN(C)C)C2)c1. The molecule has 7 heteroatoms. The third-order valence-corrected chi connectivity index (χ3v) is 3.95. The number of nitrogens with one attached hydrogen (secondary N) is 1. The van der Waals surface area contributed by atoms with E-state index in [1.807, 2.05) is 19.0 Å². The summed E-state index contributed by atoms with van der Waals surface area (Å²) >= 11 is 0. The van der Waals surface area contributed by atoms with Gasteiger partial charge in [-0.15, -0.1) is 0 Å². The predicted octanol–water partition coefficient (Wildman–Crippen LogP) is 0.822. The molecule has 0 radical (unpaired) electrons. The van der Waals surface area contributed by atoms with E-state index in [2.05, 4.69) is 10.1 Å². The molecule has 1 saturated heterocycles. The molecule has 0 aromatic heterocycles. The first-order valence-electron chi connectivity index (χ1n) is 7.82. The summed E-state index contributed by atoms with van der Waals surface area (Å²) in [6.07, 6.45) is 0.218. The maximum absolute atomic E-state index is 12.4. The van der Waals surface area contributed by atoms with Crippen LogP contribution in [0.4, 0.5) is 5.69 Å². The van der Waals surface area contributed by atoms with Crippen molar-refractivity contribution < 1.29 is 19.1 Å². The van der Waals surface area contributed by atoms with Crippen LogP contribution in [0.15, 0.2) is 24.3 Å². The molecule has 2 rings (SSSR count). The molecule has 24 heavy (non-hydrogen) atoms. The lowest BCUT2D eigenvalue weighted by molar-refractivity contribution is -0.128. The van der Waals surface area contributed by atoms with E-state index < -0.39 is 5.97 Å². The van der Waals surface area contributed by atoms with Crippen molar-refractivity contribution in [3.8, 4) is 0 Å². The zero-order valence-electron chi connectivity index (χ0n) is 14.2. The van der Waals surface area contributed by atoms with Crippen LogP contribution in [0.5, 0.6) is 0 Å². The number of hydrogen-bond donors (Lipinski definition) is 1. The summed E-state index contributed by atoms with van der Waals surface area (Å²) in [4.78, 5) is 39.6. The van der Waals surface area contributed by atoms with Gasteiger partial charge in [-0.1, -0.05) is 6.07 Å². The van der Waals surface area contributed by atoms with Crippen molar-refractivity contribution in [2.45, 2.75) is 6.42 Å². The topological polar surface area (TPSA) is 78.9 Å². The van der Waals surface area contributed by atoms with Crippen molar-refractivity contribution in [3.63, 3.8) is 0 Å². The number of carbonyl (C=O) groups is 3. The first-order valence-corrected chi connectivity index (χ1v) is 7.82. The van der Waals surface area contributed by atoms with Crippen molar-refractivity contribution in [3.05, 3.63) is 29.8 Å². The molecule has 1 heterocycles. The number of amides is 2. The van der Waals surface area contributed by atoms with Crippen molar-refractivity contribution in [1.82, 2.24) is 9.80 Å². The van der Waals surface area contributed by atoms with Crippen molar-refractivity contribution in [1.29, 1.82) is 0 Å². The van der Waals surface area contributed by atoms with Gasteiger partial charge in [0.25, 0.3) is 0 Å². The lowest BCUT2D eigenvalue weighted by Crippen LogP contribution is -2.34. The number of benzene rings is 1. The van der Waals surface area contributed by atoms with Crippen LogP contribution in [0.3, 0.4) is 0 Å². The summed E-state index contributed by atoms with van der Waals surface area (Å²) < 4.78 is 4.66. The van der Waals surface area contributed by atoms with Crippen molar-refractivity contribution in [2.24, 2.45) is 5.92 Å². The molecule has 2 amide bonds. The van der Waals surface area contributed by atoms with Gasteiger partial charge in [-0.25, -0.2) is 4.79 Å². The van der Waals surface area contributed by atoms with Gasteiger partial charge in [0.05, 0.1) is 18.6 Å². The maximum atomic E-state index is 12.4. The number of hydrogen-bond acceptors (Lipinski definition) is 5. The number of likely N-dealkylation sites (tertiary alicyclic amines) is 1. The van der Waals surface area contributed by atoms with E-state index in [1.54, 1.807) is 29.2 Å². The number of methoxy groups -OCH3 is 1. The summed E-state index contributed by atoms with van der Waals surface area (Å²) in [5, 5.41) is 2.77. The van der Waals surface area contributed by atoms with Crippen LogP contribution >= 0.6 is 0 Å². The zero-order valence-corrected chi connectivity index (χ0v) is 14.2. The van der Waals surface area contributed by atoms with Gasteiger partial charge in [0.15, 0.2) is 0 Å². The number of anilines is 1. The highest BCUT2D eigenvalue weighted by molar-refractivity contribution is 5.98. The Kier molecular flexibility index (Phi) is 5.92. The molecular weight excluding hydrogens is 310 g/mol. The molecule has 1 aromatic carbocycles. The Hall–Kier alpha value is -2.41. The zero-order chi connectivity index (χ0) is 17.7. The summed E-state index contributed by atoms with van der Waals surface area (Å²) in [7, 11) is 5.19. The molecule has 1 aromatic rings. The quantitative estimate of drug-likeness (QED) is 0.780. The largest absolute Gasteiger partial charge is 0.465 e. The standard InChI is InChI=1S/C17H23N3O4/c1-19(2)7-8-20-11-13(10-15(20)21)16(22)18-14-6-4-5-12(9-14)17(23)24-3/h4-6,9,13H,7-8,10-11H2,1-3H3,(H,18,22). The minimum absolute atomic E-state index is 0.000288. The first-order chi connectivity index (χ1) is 11.4. The third-order valence-electron chi connectivity index (χ3n) is 3.95. The fourth-order valence-electron chi connectivity index (χ4n) is 2.57. The van der Waals surface area contributed by atoms with Crippen LogP contribution in [0, 0.1) is 5.92 Å². The van der Waals surface area contributed by atoms with Crippen LogP contribution in [0.1, 0.15) is 16.8 Å². The molecular formula is C17H23N3O4. The lowest BCUT2D eigenvalue weighted by Gasteiger charge is -2.19. The summed E-state index contributed by atoms with van der Waals surface area (Å²) in [6.45, 7) is 1.81. The Bertz CT molecular complexity index is 630. The summed E-state index contributed by atoms with van der Waals surface area (Å²) in [5.74, 6) is -1.04. The highest BCUT2D eigenvalue weighted by Crippen LogP contribution is 2.20. The Morgan fingerprint density at radius 1 is 1.38 bits per heavy atom. The monoisotopic (exact) mass is 333 g/mol. The maximum Gasteiger partial charge on any atom is 0.337 e. The minimum Gasteiger partial charge on any atom is -0.465 e. The second-order valence-corrected chi connectivity index (χ2v) is 6.11. The van der Waals surface area contributed by atoms with Gasteiger partial charge in [-0.2, -0.15) is 0 Å². The third kappa shape index (κ3) is 4.55. The van der Waals surface area contributed by atoms with Gasteiger partial charge in [0.2, 0.25) is 11.8 Å². The molecule has 1 N–H and O–H groups in total. The van der Waals surface area contributed by atoms with E-state index in [9.17, 15) is 14.4 Å². The van der Waals surface area contributed by atoms with Gasteiger partial charge in [0, 0.05) is 31.7 Å². The second kappa shape index (κ2) is 7.92. The molecule has 1 aliphatic rings. The number of likely N-dealkylation sites (N-methyl/N-ethyl adjacent to an activating group) is 1. The molecule has 0 bridgehead atoms. The smallest absolute Gasteiger partial charge is 0.337 e. The number of ether oxygens (including phenoxy) is 1. The van der Waals surface area contributed by atoms with Crippen LogP contribution < -0.4 is 5.32 Å². The number of esters is 1. The van der Waals surface area contributed by atoms with Crippen LogP contribution in [-0.2, 0) is 14.3 Å². The Balaban J connectivity index is 1.96.